The van der Waals surface area contributed by atoms with Crippen molar-refractivity contribution in [3.8, 4) is 0 Å². The first-order chi connectivity index (χ1) is 7.27. The second-order valence-corrected chi connectivity index (χ2v) is 2.73. The molecule has 5 nitrogen and oxygen atoms in total. The molecule has 1 aromatic rings. The molecule has 5 heteroatoms. The predicted molar refractivity (Wildman–Crippen MR) is 53.6 cm³/mol. The molecule has 0 atom stereocenters. The molecular formula is C10H10N2O3. The van der Waals surface area contributed by atoms with Gasteiger partial charge in [0.2, 0.25) is 6.08 Å². The molecule has 2 N–H and O–H groups in total. The molecule has 1 rings (SSSR count). The van der Waals surface area contributed by atoms with Crippen molar-refractivity contribution >= 4 is 17.7 Å². The van der Waals surface area contributed by atoms with Gasteiger partial charge in [-0.25, -0.2) is 4.79 Å². The summed E-state index contributed by atoms with van der Waals surface area (Å²) in [6, 6.07) is 6.17. The van der Waals surface area contributed by atoms with Crippen LogP contribution < -0.4 is 5.32 Å². The maximum absolute atomic E-state index is 11.3. The number of benzene rings is 1. The SMILES string of the molecule is O=C=Nc1ccc(C(=O)NCCO)cc1. The third kappa shape index (κ3) is 3.34. The van der Waals surface area contributed by atoms with Gasteiger partial charge in [0.1, 0.15) is 0 Å². The van der Waals surface area contributed by atoms with Crippen LogP contribution in [0.15, 0.2) is 29.3 Å². The van der Waals surface area contributed by atoms with Crippen LogP contribution >= 0.6 is 0 Å². The Bertz CT molecular complexity index is 380. The average Bonchev–Trinajstić information content (AvgIpc) is 2.27. The number of hydrogen-bond donors (Lipinski definition) is 2. The van der Waals surface area contributed by atoms with Gasteiger partial charge >= 0.3 is 0 Å². The van der Waals surface area contributed by atoms with E-state index in [4.69, 9.17) is 5.11 Å². The van der Waals surface area contributed by atoms with Crippen molar-refractivity contribution in [2.24, 2.45) is 4.99 Å². The van der Waals surface area contributed by atoms with Crippen molar-refractivity contribution in [1.82, 2.24) is 5.32 Å². The number of aliphatic imine (C=N–C) groups is 1. The highest BCUT2D eigenvalue weighted by molar-refractivity contribution is 5.94. The Kier molecular flexibility index (Phi) is 4.22. The number of carbonyl (C=O) groups excluding carboxylic acids is 2. The summed E-state index contributed by atoms with van der Waals surface area (Å²) in [6.07, 6.45) is 1.41. The highest BCUT2D eigenvalue weighted by atomic mass is 16.3. The van der Waals surface area contributed by atoms with Crippen molar-refractivity contribution in [2.75, 3.05) is 13.2 Å². The first kappa shape index (κ1) is 11.1. The first-order valence-electron chi connectivity index (χ1n) is 4.35. The van der Waals surface area contributed by atoms with E-state index in [1.54, 1.807) is 24.3 Å². The zero-order valence-corrected chi connectivity index (χ0v) is 7.93. The van der Waals surface area contributed by atoms with E-state index in [1.807, 2.05) is 0 Å². The van der Waals surface area contributed by atoms with Crippen molar-refractivity contribution < 1.29 is 14.7 Å². The van der Waals surface area contributed by atoms with Crippen LogP contribution in [0.3, 0.4) is 0 Å². The number of aliphatic hydroxyl groups is 1. The van der Waals surface area contributed by atoms with Gasteiger partial charge in [-0.3, -0.25) is 4.79 Å². The zero-order chi connectivity index (χ0) is 11.1. The van der Waals surface area contributed by atoms with Gasteiger partial charge in [-0.05, 0) is 24.3 Å². The lowest BCUT2D eigenvalue weighted by Crippen LogP contribution is -2.26. The molecular weight excluding hydrogens is 196 g/mol. The van der Waals surface area contributed by atoms with Gasteiger partial charge < -0.3 is 10.4 Å². The van der Waals surface area contributed by atoms with Gasteiger partial charge in [-0.15, -0.1) is 0 Å². The molecule has 0 aliphatic carbocycles. The summed E-state index contributed by atoms with van der Waals surface area (Å²) in [5, 5.41) is 11.0. The summed E-state index contributed by atoms with van der Waals surface area (Å²) >= 11 is 0. The molecule has 0 fully saturated rings. The van der Waals surface area contributed by atoms with Crippen LogP contribution in [0.25, 0.3) is 0 Å². The summed E-state index contributed by atoms with van der Waals surface area (Å²) in [5.74, 6) is -0.273. The van der Waals surface area contributed by atoms with Crippen LogP contribution in [-0.4, -0.2) is 30.2 Å². The molecule has 0 saturated heterocycles. The molecule has 15 heavy (non-hydrogen) atoms. The minimum absolute atomic E-state index is 0.0980. The van der Waals surface area contributed by atoms with Crippen molar-refractivity contribution in [3.63, 3.8) is 0 Å². The molecule has 0 bridgehead atoms. The summed E-state index contributed by atoms with van der Waals surface area (Å²) in [5.41, 5.74) is 0.900. The molecule has 1 amide bonds. The molecule has 0 radical (unpaired) electrons. The Morgan fingerprint density at radius 2 is 2.07 bits per heavy atom. The molecule has 0 spiro atoms. The number of hydrogen-bond acceptors (Lipinski definition) is 4. The highest BCUT2D eigenvalue weighted by Crippen LogP contribution is 2.11. The fraction of sp³-hybridized carbons (Fsp3) is 0.200. The second-order valence-electron chi connectivity index (χ2n) is 2.73. The topological polar surface area (TPSA) is 78.8 Å². The Hall–Kier alpha value is -1.97. The zero-order valence-electron chi connectivity index (χ0n) is 7.93. The van der Waals surface area contributed by atoms with Crippen molar-refractivity contribution in [1.29, 1.82) is 0 Å². The average molecular weight is 206 g/mol. The molecule has 0 aromatic heterocycles. The molecule has 0 aliphatic rings. The number of amides is 1. The summed E-state index contributed by atoms with van der Waals surface area (Å²) in [7, 11) is 0. The fourth-order valence-corrected chi connectivity index (χ4v) is 1.01. The summed E-state index contributed by atoms with van der Waals surface area (Å²) < 4.78 is 0. The Balaban J connectivity index is 2.70. The standard InChI is InChI=1S/C10H10N2O3/c13-6-5-11-10(15)8-1-3-9(4-2-8)12-7-14/h1-4,13H,5-6H2,(H,11,15). The number of isocyanates is 1. The van der Waals surface area contributed by atoms with E-state index >= 15 is 0 Å². The quantitative estimate of drug-likeness (QED) is 0.552. The van der Waals surface area contributed by atoms with Gasteiger partial charge in [0.05, 0.1) is 12.3 Å². The largest absolute Gasteiger partial charge is 0.395 e. The van der Waals surface area contributed by atoms with E-state index in [1.165, 1.54) is 6.08 Å². The minimum atomic E-state index is -0.273. The van der Waals surface area contributed by atoms with E-state index in [0.29, 0.717) is 11.3 Å². The smallest absolute Gasteiger partial charge is 0.251 e. The van der Waals surface area contributed by atoms with Crippen LogP contribution in [0, 0.1) is 0 Å². The van der Waals surface area contributed by atoms with E-state index in [0.717, 1.165) is 0 Å². The first-order valence-corrected chi connectivity index (χ1v) is 4.35. The Morgan fingerprint density at radius 3 is 2.60 bits per heavy atom. The van der Waals surface area contributed by atoms with Crippen LogP contribution in [0.1, 0.15) is 10.4 Å². The number of nitrogens with one attached hydrogen (secondary N) is 1. The van der Waals surface area contributed by atoms with Crippen molar-refractivity contribution in [2.45, 2.75) is 0 Å². The van der Waals surface area contributed by atoms with E-state index < -0.39 is 0 Å². The Labute approximate surface area is 86.5 Å². The Morgan fingerprint density at radius 1 is 1.40 bits per heavy atom. The van der Waals surface area contributed by atoms with Crippen molar-refractivity contribution in [3.05, 3.63) is 29.8 Å². The lowest BCUT2D eigenvalue weighted by molar-refractivity contribution is 0.0945. The number of rotatable bonds is 4. The number of nitrogens with zero attached hydrogens (tertiary/aromatic N) is 1. The van der Waals surface area contributed by atoms with Gasteiger partial charge in [-0.2, -0.15) is 4.99 Å². The van der Waals surface area contributed by atoms with Gasteiger partial charge in [0, 0.05) is 12.1 Å². The minimum Gasteiger partial charge on any atom is -0.395 e. The van der Waals surface area contributed by atoms with Gasteiger partial charge in [0.15, 0.2) is 0 Å². The number of carbonyl (C=O) groups is 1. The van der Waals surface area contributed by atoms with Crippen LogP contribution in [0.5, 0.6) is 0 Å². The van der Waals surface area contributed by atoms with Gasteiger partial charge in [-0.1, -0.05) is 0 Å². The third-order valence-corrected chi connectivity index (χ3v) is 1.70. The molecule has 0 aliphatic heterocycles. The fourth-order valence-electron chi connectivity index (χ4n) is 1.01. The molecule has 0 heterocycles. The van der Waals surface area contributed by atoms with E-state index in [9.17, 15) is 9.59 Å². The van der Waals surface area contributed by atoms with E-state index in [-0.39, 0.29) is 19.1 Å². The monoisotopic (exact) mass is 206 g/mol. The van der Waals surface area contributed by atoms with Crippen LogP contribution in [0.2, 0.25) is 0 Å². The highest BCUT2D eigenvalue weighted by Gasteiger charge is 2.03. The lowest BCUT2D eigenvalue weighted by Gasteiger charge is -2.02. The van der Waals surface area contributed by atoms with Gasteiger partial charge in [0.25, 0.3) is 5.91 Å². The lowest BCUT2D eigenvalue weighted by atomic mass is 10.2. The second kappa shape index (κ2) is 5.70. The molecule has 78 valence electrons. The van der Waals surface area contributed by atoms with E-state index in [2.05, 4.69) is 10.3 Å². The normalized spacial score (nSPS) is 9.13. The maximum Gasteiger partial charge on any atom is 0.251 e. The van der Waals surface area contributed by atoms with Crippen LogP contribution in [0.4, 0.5) is 5.69 Å². The third-order valence-electron chi connectivity index (χ3n) is 1.70. The molecule has 1 aromatic carbocycles. The number of aliphatic hydroxyl groups excluding tert-OH is 1. The molecule has 0 unspecified atom stereocenters. The molecule has 0 saturated carbocycles. The summed E-state index contributed by atoms with van der Waals surface area (Å²) in [4.78, 5) is 24.7. The van der Waals surface area contributed by atoms with Crippen LogP contribution in [-0.2, 0) is 4.79 Å². The predicted octanol–water partition coefficient (Wildman–Crippen LogP) is 0.376. The maximum atomic E-state index is 11.3. The summed E-state index contributed by atoms with van der Waals surface area (Å²) in [6.45, 7) is 0.117.